The topological polar surface area (TPSA) is 318 Å². The van der Waals surface area contributed by atoms with Crippen molar-refractivity contribution in [1.82, 2.24) is 20.0 Å². The average Bonchev–Trinajstić information content (AvgIpc) is 2.82. The molecule has 8 N–H and O–H groups in total. The summed E-state index contributed by atoms with van der Waals surface area (Å²) in [6.45, 7) is -4.17. The van der Waals surface area contributed by atoms with Crippen molar-refractivity contribution < 1.29 is 115 Å². The van der Waals surface area contributed by atoms with Gasteiger partial charge in [-0.15, -0.1) is 0 Å². The van der Waals surface area contributed by atoms with Crippen LogP contribution in [-0.2, 0) is 24.0 Å². The number of hydrogen-bond acceptors (Lipinski definition) is 17. The molecule has 0 bridgehead atoms. The maximum absolute atomic E-state index is 10.8. The SMILES string of the molecule is CNC[C@H](O)[C@@H](O)[C@H](O)[C@H](O)CO.O=C([O-])CN(CCN(CC(=O)[O-])CC(=O)O)CCN(CC(=O)[O-])CC(=O)O.[Gd+3]. The van der Waals surface area contributed by atoms with E-state index in [0.717, 1.165) is 9.80 Å². The third kappa shape index (κ3) is 24.6. The molecule has 1 radical (unpaired) electrons. The smallest absolute Gasteiger partial charge is 0.549 e. The van der Waals surface area contributed by atoms with Gasteiger partial charge in [-0.2, -0.15) is 0 Å². The number of aliphatic carboxylic acids is 5. The van der Waals surface area contributed by atoms with Crippen LogP contribution >= 0.6 is 0 Å². The molecule has 0 aromatic rings. The molecule has 0 saturated carbocycles. The van der Waals surface area contributed by atoms with E-state index in [1.165, 1.54) is 4.90 Å². The fourth-order valence-electron chi connectivity index (χ4n) is 3.09. The van der Waals surface area contributed by atoms with Gasteiger partial charge in [-0.1, -0.05) is 0 Å². The summed E-state index contributed by atoms with van der Waals surface area (Å²) in [7, 11) is 1.57. The van der Waals surface area contributed by atoms with Gasteiger partial charge in [0.1, 0.15) is 18.3 Å². The van der Waals surface area contributed by atoms with Gasteiger partial charge in [-0.3, -0.25) is 24.3 Å². The predicted molar refractivity (Wildman–Crippen MR) is 125 cm³/mol. The maximum Gasteiger partial charge on any atom is 3.00 e. The minimum atomic E-state index is -1.55. The standard InChI is InChI=1S/C14H23N3O10.C7H17NO5.Gd/c18-10(19)5-15(1-3-16(6-11(20)21)7-12(22)23)2-4-17(8-13(24)25)9-14(26)27;1-8-2-4(10)6(12)7(13)5(11)3-9;/h1-9H2,(H,18,19)(H,20,21)(H,22,23)(H,24,25)(H,26,27);4-13H,2-3H2,1H3;/q;;+3/p-3/t;4-,5+,6+,7+;/m.0./s1. The van der Waals surface area contributed by atoms with Crippen molar-refractivity contribution in [3.63, 3.8) is 0 Å². The largest absolute Gasteiger partial charge is 3.00 e. The molecule has 20 heteroatoms. The molecule has 19 nitrogen and oxygen atoms in total. The van der Waals surface area contributed by atoms with Gasteiger partial charge in [-0.05, 0) is 7.05 Å². The Hall–Kier alpha value is -1.69. The molecule has 0 amide bonds. The van der Waals surface area contributed by atoms with Gasteiger partial charge in [0.05, 0.1) is 43.7 Å². The summed E-state index contributed by atoms with van der Waals surface area (Å²) >= 11 is 0. The second-order valence-electron chi connectivity index (χ2n) is 8.46. The van der Waals surface area contributed by atoms with E-state index < -0.39 is 93.6 Å². The van der Waals surface area contributed by atoms with Crippen LogP contribution in [0.1, 0.15) is 0 Å². The summed E-state index contributed by atoms with van der Waals surface area (Å²) in [4.78, 5) is 56.9. The van der Waals surface area contributed by atoms with Crippen LogP contribution in [0.2, 0.25) is 0 Å². The zero-order chi connectivity index (χ0) is 31.4. The number of likely N-dealkylation sites (N-methyl/N-ethyl adjacent to an activating group) is 1. The summed E-state index contributed by atoms with van der Waals surface area (Å²) in [6, 6.07) is 0. The first-order chi connectivity index (χ1) is 18.5. The van der Waals surface area contributed by atoms with Gasteiger partial charge < -0.3 is 70.8 Å². The van der Waals surface area contributed by atoms with Crippen LogP contribution in [-0.4, -0.2) is 184 Å². The van der Waals surface area contributed by atoms with Crippen molar-refractivity contribution in [3.05, 3.63) is 0 Å². The summed E-state index contributed by atoms with van der Waals surface area (Å²) in [5.41, 5.74) is 0. The van der Waals surface area contributed by atoms with Gasteiger partial charge >= 0.3 is 51.9 Å². The van der Waals surface area contributed by atoms with E-state index in [1.54, 1.807) is 7.05 Å². The number of aliphatic hydroxyl groups is 5. The number of carboxylic acid groups (broad SMARTS) is 5. The molecule has 0 saturated heterocycles. The maximum atomic E-state index is 10.8. The van der Waals surface area contributed by atoms with Gasteiger partial charge in [0.2, 0.25) is 0 Å². The number of aliphatic hydroxyl groups excluding tert-OH is 5. The van der Waals surface area contributed by atoms with Crippen LogP contribution < -0.4 is 20.6 Å². The molecule has 0 unspecified atom stereocenters. The number of carbonyl (C=O) groups excluding carboxylic acids is 3. The molecule has 0 aliphatic heterocycles. The van der Waals surface area contributed by atoms with E-state index in [4.69, 9.17) is 30.6 Å². The van der Waals surface area contributed by atoms with Gasteiger partial charge in [0.15, 0.2) is 0 Å². The zero-order valence-electron chi connectivity index (χ0n) is 22.2. The van der Waals surface area contributed by atoms with Crippen LogP contribution in [0.15, 0.2) is 0 Å². The van der Waals surface area contributed by atoms with Crippen LogP contribution in [0.5, 0.6) is 0 Å². The Bertz CT molecular complexity index is 722. The Morgan fingerprint density at radius 3 is 1.24 bits per heavy atom. The fourth-order valence-corrected chi connectivity index (χ4v) is 3.09. The first kappa shape index (κ1) is 43.8. The van der Waals surface area contributed by atoms with Gasteiger partial charge in [0.25, 0.3) is 0 Å². The summed E-state index contributed by atoms with van der Waals surface area (Å²) in [6.07, 6.45) is -5.65. The first-order valence-corrected chi connectivity index (χ1v) is 11.7. The van der Waals surface area contributed by atoms with Gasteiger partial charge in [-0.25, -0.2) is 0 Å². The van der Waals surface area contributed by atoms with E-state index in [-0.39, 0.29) is 72.7 Å². The first-order valence-electron chi connectivity index (χ1n) is 11.7. The van der Waals surface area contributed by atoms with E-state index in [2.05, 4.69) is 5.32 Å². The number of nitrogens with zero attached hydrogens (tertiary/aromatic N) is 3. The fraction of sp³-hybridized carbons (Fsp3) is 0.762. The Morgan fingerprint density at radius 1 is 0.634 bits per heavy atom. The summed E-state index contributed by atoms with van der Waals surface area (Å²) in [5, 5.41) is 97.1. The summed E-state index contributed by atoms with van der Waals surface area (Å²) in [5.74, 6) is -7.06. The molecule has 0 aliphatic carbocycles. The molecule has 0 aromatic carbocycles. The number of carboxylic acids is 5. The molecule has 0 fully saturated rings. The Labute approximate surface area is 267 Å². The Balaban J connectivity index is -0.000000869. The minimum absolute atomic E-state index is 0. The summed E-state index contributed by atoms with van der Waals surface area (Å²) < 4.78 is 0. The van der Waals surface area contributed by atoms with E-state index in [9.17, 15) is 44.4 Å². The van der Waals surface area contributed by atoms with E-state index in [1.807, 2.05) is 0 Å². The molecule has 0 aromatic heterocycles. The number of hydrogen-bond donors (Lipinski definition) is 8. The van der Waals surface area contributed by atoms with Crippen molar-refractivity contribution in [2.75, 3.05) is 79.1 Å². The number of rotatable bonds is 22. The zero-order valence-corrected chi connectivity index (χ0v) is 24.4. The van der Waals surface area contributed by atoms with Crippen molar-refractivity contribution in [1.29, 1.82) is 0 Å². The molecular formula is C21H37GdN4O15. The molecule has 0 heterocycles. The Morgan fingerprint density at radius 2 is 0.951 bits per heavy atom. The van der Waals surface area contributed by atoms with Crippen LogP contribution in [0.3, 0.4) is 0 Å². The minimum Gasteiger partial charge on any atom is -0.549 e. The normalized spacial score (nSPS) is 13.9. The molecule has 239 valence electrons. The third-order valence-corrected chi connectivity index (χ3v) is 4.98. The van der Waals surface area contributed by atoms with Crippen molar-refractivity contribution in [2.24, 2.45) is 0 Å². The van der Waals surface area contributed by atoms with Crippen molar-refractivity contribution >= 4 is 29.8 Å². The van der Waals surface area contributed by atoms with Crippen molar-refractivity contribution in [2.45, 2.75) is 24.4 Å². The second-order valence-corrected chi connectivity index (χ2v) is 8.46. The molecule has 0 aliphatic rings. The molecule has 41 heavy (non-hydrogen) atoms. The molecule has 4 atom stereocenters. The second kappa shape index (κ2) is 24.9. The van der Waals surface area contributed by atoms with Crippen LogP contribution in [0.4, 0.5) is 0 Å². The van der Waals surface area contributed by atoms with Crippen molar-refractivity contribution in [3.8, 4) is 0 Å². The molecular weight excluding hydrogens is 705 g/mol. The molecule has 0 spiro atoms. The van der Waals surface area contributed by atoms with Gasteiger partial charge in [0, 0.05) is 52.4 Å². The van der Waals surface area contributed by atoms with Crippen LogP contribution in [0.25, 0.3) is 0 Å². The quantitative estimate of drug-likeness (QED) is 0.0510. The molecule has 0 rings (SSSR count). The monoisotopic (exact) mass is 743 g/mol. The van der Waals surface area contributed by atoms with E-state index >= 15 is 0 Å². The number of nitrogens with one attached hydrogen (secondary N) is 1. The van der Waals surface area contributed by atoms with E-state index in [0.29, 0.717) is 0 Å². The average molecular weight is 743 g/mol. The predicted octanol–water partition coefficient (Wildman–Crippen LogP) is -10.0. The third-order valence-electron chi connectivity index (χ3n) is 4.98. The van der Waals surface area contributed by atoms with Crippen LogP contribution in [0, 0.1) is 39.9 Å². The number of carbonyl (C=O) groups is 5. The Kier molecular flexibility index (Phi) is 26.5.